The number of aromatic nitrogens is 2. The third-order valence-corrected chi connectivity index (χ3v) is 8.62. The Kier molecular flexibility index (Phi) is 6.33. The first-order valence-electron chi connectivity index (χ1n) is 12.8. The summed E-state index contributed by atoms with van der Waals surface area (Å²) < 4.78 is 66.8. The van der Waals surface area contributed by atoms with Gasteiger partial charge in [-0.1, -0.05) is 43.7 Å². The number of hydrogen-bond donors (Lipinski definition) is 0. The second kappa shape index (κ2) is 9.08. The highest BCUT2D eigenvalue weighted by Gasteiger charge is 2.65. The molecule has 5 rings (SSSR count). The van der Waals surface area contributed by atoms with E-state index in [1.165, 1.54) is 12.1 Å². The smallest absolute Gasteiger partial charge is 0.310 e. The first-order chi connectivity index (χ1) is 18.2. The summed E-state index contributed by atoms with van der Waals surface area (Å²) in [6, 6.07) is 15.3. The molecule has 39 heavy (non-hydrogen) atoms. The van der Waals surface area contributed by atoms with Gasteiger partial charge in [-0.3, -0.25) is 9.20 Å². The number of rotatable bonds is 7. The van der Waals surface area contributed by atoms with Gasteiger partial charge in [-0.15, -0.1) is 0 Å². The summed E-state index contributed by atoms with van der Waals surface area (Å²) in [4.78, 5) is 17.9. The quantitative estimate of drug-likeness (QED) is 0.167. The summed E-state index contributed by atoms with van der Waals surface area (Å²) in [6.45, 7) is 5.26. The van der Waals surface area contributed by atoms with E-state index in [4.69, 9.17) is 0 Å². The molecule has 1 aliphatic heterocycles. The monoisotopic (exact) mass is 563 g/mol. The van der Waals surface area contributed by atoms with Gasteiger partial charge in [0.2, 0.25) is 0 Å². The molecule has 1 fully saturated rings. The number of piperidine rings is 1. The zero-order valence-electron chi connectivity index (χ0n) is 21.7. The fraction of sp³-hybridized carbons (Fsp3) is 0.310. The molecule has 0 spiro atoms. The van der Waals surface area contributed by atoms with E-state index in [-0.39, 0.29) is 11.7 Å². The highest BCUT2D eigenvalue weighted by molar-refractivity contribution is 8.45. The summed E-state index contributed by atoms with van der Waals surface area (Å²) in [5, 5.41) is 0. The van der Waals surface area contributed by atoms with Crippen LogP contribution in [0, 0.1) is 13.8 Å². The number of carbonyl (C=O) groups is 1. The van der Waals surface area contributed by atoms with E-state index in [0.717, 1.165) is 28.2 Å². The third kappa shape index (κ3) is 5.95. The van der Waals surface area contributed by atoms with Crippen LogP contribution in [0.1, 0.15) is 58.1 Å². The summed E-state index contributed by atoms with van der Waals surface area (Å²) in [5.74, 6) is 0.0646. The number of pyridine rings is 1. The fourth-order valence-electron chi connectivity index (χ4n) is 5.32. The van der Waals surface area contributed by atoms with Gasteiger partial charge in [-0.05, 0) is 92.1 Å². The first-order valence-corrected chi connectivity index (χ1v) is 14.8. The standard InChI is InChI=1S/C29H30F5N3OS/c1-20-13-18-37-28(19-20)35-21(2)29(37)27(38)12-5-22-3-8-25(9-4-22)36-16-14-24(15-17-36)23-6-10-26(11-7-23)39(30,31,32,33)34/h3-4,6-11,13,18-19,24H,5,12,14-17H2,1-2H3. The number of Topliss-reactive ketones (excluding diaryl/α,β-unsaturated/α-hetero) is 1. The predicted molar refractivity (Wildman–Crippen MR) is 146 cm³/mol. The van der Waals surface area contributed by atoms with Gasteiger partial charge >= 0.3 is 10.2 Å². The molecule has 2 aromatic carbocycles. The van der Waals surface area contributed by atoms with E-state index in [2.05, 4.69) is 9.88 Å². The largest absolute Gasteiger partial charge is 0.371 e. The highest BCUT2D eigenvalue weighted by atomic mass is 32.5. The molecule has 0 bridgehead atoms. The molecular formula is C29H30F5N3OS. The lowest BCUT2D eigenvalue weighted by Crippen LogP contribution is -2.32. The van der Waals surface area contributed by atoms with Crippen molar-refractivity contribution in [3.05, 3.63) is 94.9 Å². The third-order valence-electron chi connectivity index (χ3n) is 7.45. The van der Waals surface area contributed by atoms with E-state index in [1.54, 1.807) is 0 Å². The van der Waals surface area contributed by atoms with Gasteiger partial charge < -0.3 is 4.90 Å². The van der Waals surface area contributed by atoms with Crippen LogP contribution < -0.4 is 4.90 Å². The second-order valence-corrected chi connectivity index (χ2v) is 12.8. The average Bonchev–Trinajstić information content (AvgIpc) is 3.21. The van der Waals surface area contributed by atoms with E-state index >= 15 is 0 Å². The van der Waals surface area contributed by atoms with Crippen molar-refractivity contribution in [1.82, 2.24) is 9.38 Å². The van der Waals surface area contributed by atoms with Crippen molar-refractivity contribution in [2.75, 3.05) is 18.0 Å². The first kappa shape index (κ1) is 27.2. The Morgan fingerprint density at radius 1 is 0.923 bits per heavy atom. The molecular weight excluding hydrogens is 533 g/mol. The molecule has 0 saturated carbocycles. The van der Waals surface area contributed by atoms with Crippen LogP contribution in [0.25, 0.3) is 5.65 Å². The Bertz CT molecular complexity index is 1520. The van der Waals surface area contributed by atoms with Crippen molar-refractivity contribution >= 4 is 27.3 Å². The number of fused-ring (bicyclic) bond motifs is 1. The van der Waals surface area contributed by atoms with Crippen LogP contribution in [-0.4, -0.2) is 28.3 Å². The summed E-state index contributed by atoms with van der Waals surface area (Å²) in [6.07, 6.45) is 4.28. The second-order valence-electron chi connectivity index (χ2n) is 10.4. The van der Waals surface area contributed by atoms with Gasteiger partial charge in [-0.25, -0.2) is 4.98 Å². The van der Waals surface area contributed by atoms with E-state index in [1.807, 2.05) is 60.8 Å². The van der Waals surface area contributed by atoms with Gasteiger partial charge in [-0.2, -0.15) is 0 Å². The molecule has 0 amide bonds. The number of nitrogens with zero attached hydrogens (tertiary/aromatic N) is 3. The molecule has 208 valence electrons. The number of aryl methyl sites for hydroxylation is 3. The Labute approximate surface area is 224 Å². The van der Waals surface area contributed by atoms with Crippen molar-refractivity contribution < 1.29 is 24.2 Å². The van der Waals surface area contributed by atoms with Gasteiger partial charge in [0, 0.05) is 31.4 Å². The van der Waals surface area contributed by atoms with Crippen LogP contribution in [0.3, 0.4) is 0 Å². The number of benzene rings is 2. The number of carbonyl (C=O) groups excluding carboxylic acids is 1. The van der Waals surface area contributed by atoms with Crippen LogP contribution >= 0.6 is 10.2 Å². The van der Waals surface area contributed by atoms with E-state index in [9.17, 15) is 24.2 Å². The maximum Gasteiger partial charge on any atom is 0.310 e. The maximum absolute atomic E-state index is 13.0. The molecule has 3 heterocycles. The molecule has 1 aliphatic rings. The van der Waals surface area contributed by atoms with Crippen LogP contribution in [-0.2, 0) is 6.42 Å². The molecule has 0 atom stereocenters. The van der Waals surface area contributed by atoms with Crippen molar-refractivity contribution in [3.8, 4) is 0 Å². The van der Waals surface area contributed by atoms with Crippen molar-refractivity contribution in [2.45, 2.75) is 50.3 Å². The van der Waals surface area contributed by atoms with Crippen LogP contribution in [0.15, 0.2) is 71.8 Å². The van der Waals surface area contributed by atoms with E-state index < -0.39 is 15.1 Å². The molecule has 0 radical (unpaired) electrons. The molecule has 4 aromatic rings. The number of halogens is 5. The molecule has 0 N–H and O–H groups in total. The van der Waals surface area contributed by atoms with Crippen molar-refractivity contribution in [3.63, 3.8) is 0 Å². The normalized spacial score (nSPS) is 16.7. The zero-order valence-corrected chi connectivity index (χ0v) is 22.5. The molecule has 2 aromatic heterocycles. The average molecular weight is 564 g/mol. The molecule has 10 heteroatoms. The number of anilines is 1. The topological polar surface area (TPSA) is 37.6 Å². The fourth-order valence-corrected chi connectivity index (χ4v) is 5.97. The van der Waals surface area contributed by atoms with Crippen LogP contribution in [0.2, 0.25) is 0 Å². The molecule has 1 saturated heterocycles. The SMILES string of the molecule is Cc1ccn2c(C(=O)CCc3ccc(N4CCC(c5ccc(S(F)(F)(F)(F)F)cc5)CC4)cc3)c(C)nc2c1. The van der Waals surface area contributed by atoms with Gasteiger partial charge in [0.25, 0.3) is 0 Å². The van der Waals surface area contributed by atoms with Gasteiger partial charge in [0.05, 0.1) is 5.69 Å². The Morgan fingerprint density at radius 2 is 1.56 bits per heavy atom. The minimum Gasteiger partial charge on any atom is -0.371 e. The number of hydrogen-bond acceptors (Lipinski definition) is 3. The van der Waals surface area contributed by atoms with Crippen LogP contribution in [0.4, 0.5) is 25.1 Å². The molecule has 0 aliphatic carbocycles. The van der Waals surface area contributed by atoms with Gasteiger partial charge in [0.1, 0.15) is 16.2 Å². The highest BCUT2D eigenvalue weighted by Crippen LogP contribution is 3.02. The molecule has 0 unspecified atom stereocenters. The Morgan fingerprint density at radius 3 is 2.18 bits per heavy atom. The lowest BCUT2D eigenvalue weighted by atomic mass is 9.89. The Balaban J connectivity index is 1.17. The van der Waals surface area contributed by atoms with Gasteiger partial charge in [0.15, 0.2) is 5.78 Å². The lowest BCUT2D eigenvalue weighted by Gasteiger charge is -2.40. The van der Waals surface area contributed by atoms with Crippen molar-refractivity contribution in [2.24, 2.45) is 0 Å². The summed E-state index contributed by atoms with van der Waals surface area (Å²) >= 11 is 0. The zero-order chi connectivity index (χ0) is 28.1. The Hall–Kier alpha value is -3.40. The van der Waals surface area contributed by atoms with Crippen LogP contribution in [0.5, 0.6) is 0 Å². The number of imidazole rings is 1. The minimum absolute atomic E-state index is 0.0195. The van der Waals surface area contributed by atoms with Crippen molar-refractivity contribution in [1.29, 1.82) is 0 Å². The molecule has 4 nitrogen and oxygen atoms in total. The lowest BCUT2D eigenvalue weighted by molar-refractivity contribution is 0.0976. The van der Waals surface area contributed by atoms with E-state index in [0.29, 0.717) is 62.2 Å². The number of ketones is 1. The summed E-state index contributed by atoms with van der Waals surface area (Å²) in [7, 11) is -9.65. The summed E-state index contributed by atoms with van der Waals surface area (Å²) in [5.41, 5.74) is 5.93. The maximum atomic E-state index is 13.0. The predicted octanol–water partition coefficient (Wildman–Crippen LogP) is 8.81. The minimum atomic E-state index is -9.65.